The van der Waals surface area contributed by atoms with E-state index in [9.17, 15) is 0 Å². The average molecular weight is 486 g/mol. The van der Waals surface area contributed by atoms with Crippen molar-refractivity contribution in [2.75, 3.05) is 66.4 Å². The van der Waals surface area contributed by atoms with E-state index in [2.05, 4.69) is 26.8 Å². The minimum atomic E-state index is 0. The molecule has 0 atom stereocenters. The number of rotatable bonds is 7. The SMILES string of the molecule is CN=C(NCC1(SC)CCOCC1)NC1CCN(CCOC)CC1.I. The van der Waals surface area contributed by atoms with Gasteiger partial charge in [0.25, 0.3) is 0 Å². The van der Waals surface area contributed by atoms with Crippen LogP contribution in [0.3, 0.4) is 0 Å². The Balaban J connectivity index is 0.00000312. The monoisotopic (exact) mass is 486 g/mol. The highest BCUT2D eigenvalue weighted by molar-refractivity contribution is 14.0. The lowest BCUT2D eigenvalue weighted by atomic mass is 9.99. The first-order valence-electron chi connectivity index (χ1n) is 9.03. The van der Waals surface area contributed by atoms with Crippen LogP contribution in [-0.2, 0) is 9.47 Å². The van der Waals surface area contributed by atoms with E-state index >= 15 is 0 Å². The standard InChI is InChI=1S/C17H34N4O2S.HI/c1-18-16(19-14-17(24-3)6-11-23-12-7-17)20-15-4-8-21(9-5-15)10-13-22-2;/h15H,4-14H2,1-3H3,(H2,18,19,20);1H. The van der Waals surface area contributed by atoms with Crippen molar-refractivity contribution in [3.63, 3.8) is 0 Å². The van der Waals surface area contributed by atoms with Gasteiger partial charge in [-0.1, -0.05) is 0 Å². The van der Waals surface area contributed by atoms with E-state index in [1.807, 2.05) is 18.8 Å². The highest BCUT2D eigenvalue weighted by Gasteiger charge is 2.32. The second-order valence-corrected chi connectivity index (χ2v) is 7.95. The van der Waals surface area contributed by atoms with E-state index in [0.29, 0.717) is 6.04 Å². The van der Waals surface area contributed by atoms with Crippen molar-refractivity contribution in [1.82, 2.24) is 15.5 Å². The molecule has 0 radical (unpaired) electrons. The van der Waals surface area contributed by atoms with Gasteiger partial charge in [-0.05, 0) is 31.9 Å². The second-order valence-electron chi connectivity index (χ2n) is 6.68. The van der Waals surface area contributed by atoms with Gasteiger partial charge in [0, 0.05) is 64.3 Å². The lowest BCUT2D eigenvalue weighted by Crippen LogP contribution is -2.52. The number of guanidine groups is 1. The van der Waals surface area contributed by atoms with Gasteiger partial charge in [0.1, 0.15) is 0 Å². The summed E-state index contributed by atoms with van der Waals surface area (Å²) in [6, 6.07) is 0.509. The lowest BCUT2D eigenvalue weighted by molar-refractivity contribution is 0.0782. The van der Waals surface area contributed by atoms with Crippen LogP contribution >= 0.6 is 35.7 Å². The third kappa shape index (κ3) is 7.78. The van der Waals surface area contributed by atoms with Crippen LogP contribution in [0.2, 0.25) is 0 Å². The summed E-state index contributed by atoms with van der Waals surface area (Å²) in [5.74, 6) is 0.935. The zero-order chi connectivity index (χ0) is 17.3. The number of nitrogens with zero attached hydrogens (tertiary/aromatic N) is 2. The van der Waals surface area contributed by atoms with Crippen LogP contribution in [0.15, 0.2) is 4.99 Å². The van der Waals surface area contributed by atoms with E-state index in [-0.39, 0.29) is 28.7 Å². The van der Waals surface area contributed by atoms with Crippen LogP contribution < -0.4 is 10.6 Å². The molecule has 8 heteroatoms. The van der Waals surface area contributed by atoms with E-state index in [4.69, 9.17) is 9.47 Å². The third-order valence-electron chi connectivity index (χ3n) is 5.18. The molecular formula is C17H35IN4O2S. The fourth-order valence-electron chi connectivity index (χ4n) is 3.35. The minimum Gasteiger partial charge on any atom is -0.383 e. The van der Waals surface area contributed by atoms with Gasteiger partial charge in [0.15, 0.2) is 5.96 Å². The molecule has 148 valence electrons. The molecule has 2 heterocycles. The molecule has 0 spiro atoms. The van der Waals surface area contributed by atoms with Gasteiger partial charge < -0.3 is 25.0 Å². The van der Waals surface area contributed by atoms with Crippen LogP contribution in [-0.4, -0.2) is 88.1 Å². The van der Waals surface area contributed by atoms with Crippen molar-refractivity contribution in [2.45, 2.75) is 36.5 Å². The van der Waals surface area contributed by atoms with E-state index < -0.39 is 0 Å². The third-order valence-corrected chi connectivity index (χ3v) is 6.60. The van der Waals surface area contributed by atoms with Crippen molar-refractivity contribution in [3.05, 3.63) is 0 Å². The van der Waals surface area contributed by atoms with Gasteiger partial charge in [-0.3, -0.25) is 4.99 Å². The van der Waals surface area contributed by atoms with Crippen molar-refractivity contribution >= 4 is 41.7 Å². The van der Waals surface area contributed by atoms with Gasteiger partial charge in [0.2, 0.25) is 0 Å². The summed E-state index contributed by atoms with van der Waals surface area (Å²) in [7, 11) is 3.63. The molecule has 2 N–H and O–H groups in total. The Morgan fingerprint density at radius 1 is 1.32 bits per heavy atom. The van der Waals surface area contributed by atoms with Crippen molar-refractivity contribution < 1.29 is 9.47 Å². The normalized spacial score (nSPS) is 22.3. The molecule has 2 aliphatic rings. The number of ether oxygens (including phenoxy) is 2. The number of piperidine rings is 1. The molecule has 0 unspecified atom stereocenters. The summed E-state index contributed by atoms with van der Waals surface area (Å²) >= 11 is 1.96. The average Bonchev–Trinajstić information content (AvgIpc) is 2.65. The Labute approximate surface area is 174 Å². The van der Waals surface area contributed by atoms with Gasteiger partial charge in [-0.25, -0.2) is 0 Å². The molecule has 0 aromatic heterocycles. The quantitative estimate of drug-likeness (QED) is 0.325. The topological polar surface area (TPSA) is 58.1 Å². The summed E-state index contributed by atoms with van der Waals surface area (Å²) in [5, 5.41) is 7.16. The first kappa shape index (κ1) is 23.3. The van der Waals surface area contributed by atoms with Crippen LogP contribution in [0.1, 0.15) is 25.7 Å². The summed E-state index contributed by atoms with van der Waals surface area (Å²) in [5.41, 5.74) is 0. The fraction of sp³-hybridized carbons (Fsp3) is 0.941. The zero-order valence-corrected chi connectivity index (χ0v) is 19.0. The summed E-state index contributed by atoms with van der Waals surface area (Å²) in [6.07, 6.45) is 6.74. The summed E-state index contributed by atoms with van der Waals surface area (Å²) in [6.45, 7) is 6.80. The molecule has 0 amide bonds. The first-order valence-corrected chi connectivity index (χ1v) is 10.3. The number of likely N-dealkylation sites (tertiary alicyclic amines) is 1. The Kier molecular flexibility index (Phi) is 11.7. The molecule has 0 aliphatic carbocycles. The molecule has 25 heavy (non-hydrogen) atoms. The molecule has 0 saturated carbocycles. The van der Waals surface area contributed by atoms with Crippen molar-refractivity contribution in [3.8, 4) is 0 Å². The molecule has 0 bridgehead atoms. The molecule has 2 rings (SSSR count). The molecular weight excluding hydrogens is 451 g/mol. The Morgan fingerprint density at radius 2 is 2.00 bits per heavy atom. The van der Waals surface area contributed by atoms with Crippen molar-refractivity contribution in [2.24, 2.45) is 4.99 Å². The van der Waals surface area contributed by atoms with E-state index in [0.717, 1.165) is 77.6 Å². The molecule has 0 aromatic carbocycles. The molecule has 2 saturated heterocycles. The fourth-order valence-corrected chi connectivity index (χ4v) is 4.14. The smallest absolute Gasteiger partial charge is 0.191 e. The largest absolute Gasteiger partial charge is 0.383 e. The number of nitrogens with one attached hydrogen (secondary N) is 2. The van der Waals surface area contributed by atoms with Crippen LogP contribution in [0.25, 0.3) is 0 Å². The number of halogens is 1. The predicted octanol–water partition coefficient (Wildman–Crippen LogP) is 1.79. The molecule has 6 nitrogen and oxygen atoms in total. The maximum Gasteiger partial charge on any atom is 0.191 e. The molecule has 2 fully saturated rings. The van der Waals surface area contributed by atoms with Crippen molar-refractivity contribution in [1.29, 1.82) is 0 Å². The number of hydrogen-bond donors (Lipinski definition) is 2. The maximum absolute atomic E-state index is 5.52. The predicted molar refractivity (Wildman–Crippen MR) is 118 cm³/mol. The van der Waals surface area contributed by atoms with E-state index in [1.54, 1.807) is 7.11 Å². The Morgan fingerprint density at radius 3 is 2.56 bits per heavy atom. The highest BCUT2D eigenvalue weighted by Crippen LogP contribution is 2.32. The number of hydrogen-bond acceptors (Lipinski definition) is 5. The zero-order valence-electron chi connectivity index (χ0n) is 15.9. The van der Waals surface area contributed by atoms with Crippen LogP contribution in [0.5, 0.6) is 0 Å². The first-order chi connectivity index (χ1) is 11.7. The van der Waals surface area contributed by atoms with Gasteiger partial charge in [-0.2, -0.15) is 11.8 Å². The number of aliphatic imine (C=N–C) groups is 1. The Bertz CT molecular complexity index is 387. The van der Waals surface area contributed by atoms with Crippen LogP contribution in [0, 0.1) is 0 Å². The van der Waals surface area contributed by atoms with Gasteiger partial charge in [0.05, 0.1) is 6.61 Å². The lowest BCUT2D eigenvalue weighted by Gasteiger charge is -2.37. The van der Waals surface area contributed by atoms with Gasteiger partial charge in [-0.15, -0.1) is 24.0 Å². The van der Waals surface area contributed by atoms with Crippen LogP contribution in [0.4, 0.5) is 0 Å². The number of thioether (sulfide) groups is 1. The summed E-state index contributed by atoms with van der Waals surface area (Å²) in [4.78, 5) is 6.90. The van der Waals surface area contributed by atoms with E-state index in [1.165, 1.54) is 0 Å². The Hall–Kier alpha value is 0.230. The highest BCUT2D eigenvalue weighted by atomic mass is 127. The minimum absolute atomic E-state index is 0. The van der Waals surface area contributed by atoms with Gasteiger partial charge >= 0.3 is 0 Å². The molecule has 2 aliphatic heterocycles. The number of methoxy groups -OCH3 is 1. The maximum atomic E-state index is 5.52. The molecule has 0 aromatic rings. The summed E-state index contributed by atoms with van der Waals surface area (Å²) < 4.78 is 11.0. The second kappa shape index (κ2) is 12.6.